The van der Waals surface area contributed by atoms with Gasteiger partial charge in [-0.3, -0.25) is 15.3 Å². The Morgan fingerprint density at radius 1 is 1.60 bits per heavy atom. The lowest BCUT2D eigenvalue weighted by molar-refractivity contribution is -0.0126. The summed E-state index contributed by atoms with van der Waals surface area (Å²) in [5, 5.41) is 7.05. The second kappa shape index (κ2) is 3.74. The zero-order valence-corrected chi connectivity index (χ0v) is 9.27. The first-order valence-electron chi connectivity index (χ1n) is 4.48. The minimum absolute atomic E-state index is 0.276. The van der Waals surface area contributed by atoms with Crippen molar-refractivity contribution in [3.05, 3.63) is 27.4 Å². The van der Waals surface area contributed by atoms with Gasteiger partial charge in [0.15, 0.2) is 0 Å². The lowest BCUT2D eigenvalue weighted by Crippen LogP contribution is -2.20. The van der Waals surface area contributed by atoms with Crippen LogP contribution >= 0.6 is 11.8 Å². The number of nitrogens with zero attached hydrogens (tertiary/aromatic N) is 1. The van der Waals surface area contributed by atoms with E-state index in [0.29, 0.717) is 11.6 Å². The molecule has 0 amide bonds. The van der Waals surface area contributed by atoms with Crippen molar-refractivity contribution < 1.29 is 4.84 Å². The van der Waals surface area contributed by atoms with Crippen molar-refractivity contribution in [1.29, 1.82) is 0 Å². The van der Waals surface area contributed by atoms with E-state index in [0.717, 1.165) is 5.03 Å². The lowest BCUT2D eigenvalue weighted by Gasteiger charge is -2.11. The molecule has 15 heavy (non-hydrogen) atoms. The summed E-state index contributed by atoms with van der Waals surface area (Å²) in [6, 6.07) is 0. The lowest BCUT2D eigenvalue weighted by atomic mass is 10.1. The van der Waals surface area contributed by atoms with Crippen LogP contribution in [0.5, 0.6) is 0 Å². The molecular formula is C8H12N4O2S. The van der Waals surface area contributed by atoms with Crippen LogP contribution in [0.3, 0.4) is 0 Å². The molecule has 0 saturated heterocycles. The van der Waals surface area contributed by atoms with E-state index < -0.39 is 0 Å². The Labute approximate surface area is 90.4 Å². The molecule has 0 atom stereocenters. The fraction of sp³-hybridized carbons (Fsp3) is 0.500. The molecule has 0 fully saturated rings. The molecule has 2 heterocycles. The molecule has 1 aromatic heterocycles. The summed E-state index contributed by atoms with van der Waals surface area (Å²) in [5.74, 6) is 1.22. The number of hydrogen-bond donors (Lipinski definition) is 3. The van der Waals surface area contributed by atoms with Crippen molar-refractivity contribution >= 4 is 11.8 Å². The Bertz CT molecular complexity index is 434. The van der Waals surface area contributed by atoms with Crippen molar-refractivity contribution in [1.82, 2.24) is 20.7 Å². The molecule has 0 aliphatic carbocycles. The molecule has 1 aliphatic heterocycles. The van der Waals surface area contributed by atoms with Crippen molar-refractivity contribution in [2.75, 3.05) is 0 Å². The SMILES string of the molecule is CC1(C)C=C(SCc2n[nH]c(=O)[nH]2)NO1. The van der Waals surface area contributed by atoms with E-state index in [-0.39, 0.29) is 11.3 Å². The zero-order valence-electron chi connectivity index (χ0n) is 8.46. The predicted octanol–water partition coefficient (Wildman–Crippen LogP) is 0.486. The van der Waals surface area contributed by atoms with Crippen molar-refractivity contribution in [2.24, 2.45) is 0 Å². The average molecular weight is 228 g/mol. The van der Waals surface area contributed by atoms with Crippen molar-refractivity contribution in [3.63, 3.8) is 0 Å². The van der Waals surface area contributed by atoms with Gasteiger partial charge in [-0.2, -0.15) is 5.10 Å². The topological polar surface area (TPSA) is 82.8 Å². The minimum atomic E-state index is -0.282. The quantitative estimate of drug-likeness (QED) is 0.701. The van der Waals surface area contributed by atoms with Crippen LogP contribution in [-0.4, -0.2) is 20.8 Å². The number of thioether (sulfide) groups is 1. The van der Waals surface area contributed by atoms with E-state index in [1.807, 2.05) is 19.9 Å². The van der Waals surface area contributed by atoms with Gasteiger partial charge in [0.25, 0.3) is 0 Å². The van der Waals surface area contributed by atoms with Gasteiger partial charge in [0.1, 0.15) is 11.4 Å². The first-order chi connectivity index (χ1) is 7.05. The standard InChI is InChI=1S/C8H12N4O2S/c1-8(2)3-6(12-14-8)15-4-5-9-7(13)11-10-5/h3,12H,4H2,1-2H3,(H2,9,10,11,13). The molecule has 6 nitrogen and oxygen atoms in total. The summed E-state index contributed by atoms with van der Waals surface area (Å²) in [7, 11) is 0. The first kappa shape index (κ1) is 10.3. The molecule has 1 aliphatic rings. The van der Waals surface area contributed by atoms with E-state index in [9.17, 15) is 4.79 Å². The third-order valence-corrected chi connectivity index (χ3v) is 2.74. The maximum atomic E-state index is 10.8. The molecule has 0 saturated carbocycles. The van der Waals surface area contributed by atoms with Gasteiger partial charge in [0.2, 0.25) is 0 Å². The van der Waals surface area contributed by atoms with Crippen LogP contribution in [0.4, 0.5) is 0 Å². The van der Waals surface area contributed by atoms with Crippen LogP contribution in [0, 0.1) is 0 Å². The minimum Gasteiger partial charge on any atom is -0.292 e. The molecule has 2 rings (SSSR count). The Hall–Kier alpha value is -1.21. The van der Waals surface area contributed by atoms with E-state index in [2.05, 4.69) is 20.7 Å². The van der Waals surface area contributed by atoms with E-state index in [4.69, 9.17) is 4.84 Å². The van der Waals surface area contributed by atoms with Crippen LogP contribution in [0.2, 0.25) is 0 Å². The Balaban J connectivity index is 1.92. The fourth-order valence-corrected chi connectivity index (χ4v) is 2.04. The highest BCUT2D eigenvalue weighted by Gasteiger charge is 2.24. The highest BCUT2D eigenvalue weighted by Crippen LogP contribution is 2.26. The normalized spacial score (nSPS) is 18.7. The molecule has 0 radical (unpaired) electrons. The molecule has 1 aromatic rings. The van der Waals surface area contributed by atoms with Crippen LogP contribution in [-0.2, 0) is 10.6 Å². The number of hydrogen-bond acceptors (Lipinski definition) is 5. The number of aromatic nitrogens is 3. The first-order valence-corrected chi connectivity index (χ1v) is 5.47. The van der Waals surface area contributed by atoms with Gasteiger partial charge in [-0.05, 0) is 19.9 Å². The smallest absolute Gasteiger partial charge is 0.292 e. The Kier molecular flexibility index (Phi) is 2.57. The maximum Gasteiger partial charge on any atom is 0.340 e. The van der Waals surface area contributed by atoms with Gasteiger partial charge in [0.05, 0.1) is 10.8 Å². The fourth-order valence-electron chi connectivity index (χ4n) is 1.15. The molecular weight excluding hydrogens is 216 g/mol. The molecule has 0 unspecified atom stereocenters. The molecule has 0 spiro atoms. The molecule has 82 valence electrons. The summed E-state index contributed by atoms with van der Waals surface area (Å²) < 4.78 is 0. The highest BCUT2D eigenvalue weighted by atomic mass is 32.2. The van der Waals surface area contributed by atoms with E-state index in [1.165, 1.54) is 11.8 Å². The molecule has 7 heteroatoms. The monoisotopic (exact) mass is 228 g/mol. The Morgan fingerprint density at radius 2 is 2.40 bits per heavy atom. The van der Waals surface area contributed by atoms with E-state index >= 15 is 0 Å². The molecule has 0 bridgehead atoms. The van der Waals surface area contributed by atoms with Gasteiger partial charge in [-0.1, -0.05) is 11.8 Å². The Morgan fingerprint density at radius 3 is 2.93 bits per heavy atom. The second-order valence-corrected chi connectivity index (χ2v) is 4.75. The summed E-state index contributed by atoms with van der Waals surface area (Å²) in [5.41, 5.74) is 2.26. The third-order valence-electron chi connectivity index (χ3n) is 1.81. The van der Waals surface area contributed by atoms with Crippen LogP contribution in [0.1, 0.15) is 19.7 Å². The van der Waals surface area contributed by atoms with Gasteiger partial charge in [-0.15, -0.1) is 0 Å². The van der Waals surface area contributed by atoms with Crippen molar-refractivity contribution in [3.8, 4) is 0 Å². The van der Waals surface area contributed by atoms with Gasteiger partial charge >= 0.3 is 5.69 Å². The summed E-state index contributed by atoms with van der Waals surface area (Å²) in [6.45, 7) is 3.92. The zero-order chi connectivity index (χ0) is 10.9. The van der Waals surface area contributed by atoms with Gasteiger partial charge < -0.3 is 0 Å². The summed E-state index contributed by atoms with van der Waals surface area (Å²) >= 11 is 1.53. The highest BCUT2D eigenvalue weighted by molar-refractivity contribution is 8.02. The number of H-pyrrole nitrogens is 2. The molecule has 3 N–H and O–H groups in total. The number of rotatable bonds is 3. The van der Waals surface area contributed by atoms with Crippen molar-refractivity contribution in [2.45, 2.75) is 25.2 Å². The third kappa shape index (κ3) is 2.63. The largest absolute Gasteiger partial charge is 0.340 e. The number of nitrogens with one attached hydrogen (secondary N) is 3. The summed E-state index contributed by atoms with van der Waals surface area (Å²) in [6.07, 6.45) is 1.99. The maximum absolute atomic E-state index is 10.8. The van der Waals surface area contributed by atoms with Gasteiger partial charge in [0, 0.05) is 0 Å². The second-order valence-electron chi connectivity index (χ2n) is 3.73. The predicted molar refractivity (Wildman–Crippen MR) is 56.9 cm³/mol. The average Bonchev–Trinajstić information content (AvgIpc) is 2.69. The number of hydroxylamine groups is 1. The van der Waals surface area contributed by atoms with Crippen LogP contribution in [0.15, 0.2) is 15.9 Å². The van der Waals surface area contributed by atoms with Gasteiger partial charge in [-0.25, -0.2) is 9.89 Å². The van der Waals surface area contributed by atoms with E-state index in [1.54, 1.807) is 0 Å². The number of aromatic amines is 2. The van der Waals surface area contributed by atoms with Crippen LogP contribution < -0.4 is 11.2 Å². The summed E-state index contributed by atoms with van der Waals surface area (Å²) in [4.78, 5) is 18.6. The molecule has 0 aromatic carbocycles. The van der Waals surface area contributed by atoms with Crippen LogP contribution in [0.25, 0.3) is 0 Å².